The maximum absolute atomic E-state index is 12.7. The highest BCUT2D eigenvalue weighted by Crippen LogP contribution is 2.35. The molecule has 212 valence electrons. The highest BCUT2D eigenvalue weighted by molar-refractivity contribution is 7.99. The number of carbonyl (C=O) groups is 1. The Kier molecular flexibility index (Phi) is 9.69. The summed E-state index contributed by atoms with van der Waals surface area (Å²) in [6, 6.07) is 24.2. The summed E-state index contributed by atoms with van der Waals surface area (Å²) >= 11 is 1.39. The van der Waals surface area contributed by atoms with Crippen LogP contribution in [-0.4, -0.2) is 39.7 Å². The minimum absolute atomic E-state index is 0.185. The van der Waals surface area contributed by atoms with Crippen molar-refractivity contribution in [3.05, 3.63) is 89.5 Å². The van der Waals surface area contributed by atoms with Crippen molar-refractivity contribution in [1.29, 1.82) is 0 Å². The molecule has 0 atom stereocenters. The topological polar surface area (TPSA) is 90.6 Å². The van der Waals surface area contributed by atoms with Crippen molar-refractivity contribution in [3.8, 4) is 22.9 Å². The lowest BCUT2D eigenvalue weighted by Crippen LogP contribution is -2.20. The summed E-state index contributed by atoms with van der Waals surface area (Å²) in [7, 11) is 1.61. The molecule has 0 saturated heterocycles. The monoisotopic (exact) mass is 569 g/mol. The first kappa shape index (κ1) is 28.4. The number of hydrazone groups is 1. The number of thioether (sulfide) groups is 1. The minimum Gasteiger partial charge on any atom is -0.493 e. The Balaban J connectivity index is 1.21. The van der Waals surface area contributed by atoms with E-state index in [1.165, 1.54) is 36.6 Å². The van der Waals surface area contributed by atoms with Gasteiger partial charge in [0.25, 0.3) is 5.91 Å². The summed E-state index contributed by atoms with van der Waals surface area (Å²) < 4.78 is 13.7. The van der Waals surface area contributed by atoms with Crippen LogP contribution in [-0.2, 0) is 11.4 Å². The van der Waals surface area contributed by atoms with E-state index in [0.717, 1.165) is 40.5 Å². The quantitative estimate of drug-likeness (QED) is 0.125. The molecule has 0 spiro atoms. The van der Waals surface area contributed by atoms with E-state index in [4.69, 9.17) is 9.47 Å². The van der Waals surface area contributed by atoms with Gasteiger partial charge >= 0.3 is 0 Å². The molecule has 0 unspecified atom stereocenters. The molecule has 1 aliphatic rings. The molecule has 3 aromatic carbocycles. The molecule has 4 aromatic rings. The summed E-state index contributed by atoms with van der Waals surface area (Å²) in [5.74, 6) is 2.07. The van der Waals surface area contributed by atoms with E-state index < -0.39 is 0 Å². The van der Waals surface area contributed by atoms with E-state index >= 15 is 0 Å². The summed E-state index contributed by atoms with van der Waals surface area (Å²) in [4.78, 5) is 12.7. The Morgan fingerprint density at radius 1 is 1.02 bits per heavy atom. The van der Waals surface area contributed by atoms with Crippen molar-refractivity contribution in [2.24, 2.45) is 5.10 Å². The maximum Gasteiger partial charge on any atom is 0.250 e. The van der Waals surface area contributed by atoms with Gasteiger partial charge in [-0.1, -0.05) is 91.2 Å². The summed E-state index contributed by atoms with van der Waals surface area (Å²) in [6.07, 6.45) is 7.44. The van der Waals surface area contributed by atoms with E-state index in [-0.39, 0.29) is 11.7 Å². The second kappa shape index (κ2) is 14.0. The van der Waals surface area contributed by atoms with E-state index in [2.05, 4.69) is 56.5 Å². The number of methoxy groups -OCH3 is 1. The van der Waals surface area contributed by atoms with Gasteiger partial charge in [0, 0.05) is 11.6 Å². The van der Waals surface area contributed by atoms with Crippen LogP contribution in [0.1, 0.15) is 54.8 Å². The van der Waals surface area contributed by atoms with Crippen LogP contribution in [0.4, 0.5) is 0 Å². The average molecular weight is 570 g/mol. The Hall–Kier alpha value is -4.11. The Morgan fingerprint density at radius 3 is 2.56 bits per heavy atom. The van der Waals surface area contributed by atoms with Crippen LogP contribution in [0, 0.1) is 6.92 Å². The first-order valence-corrected chi connectivity index (χ1v) is 14.9. The SMILES string of the molecule is COc1ccc(C=NNC(=O)CSc2nnc(-c3ccc(C)cc3)n2C2CCCCC2)cc1OCc1ccccc1. The zero-order valence-corrected chi connectivity index (χ0v) is 24.3. The maximum atomic E-state index is 12.7. The van der Waals surface area contributed by atoms with Crippen LogP contribution >= 0.6 is 11.8 Å². The number of amides is 1. The Morgan fingerprint density at radius 2 is 1.80 bits per heavy atom. The first-order chi connectivity index (χ1) is 20.1. The van der Waals surface area contributed by atoms with Crippen molar-refractivity contribution in [1.82, 2.24) is 20.2 Å². The third kappa shape index (κ3) is 7.55. The van der Waals surface area contributed by atoms with Crippen molar-refractivity contribution >= 4 is 23.9 Å². The third-order valence-electron chi connectivity index (χ3n) is 7.07. The summed E-state index contributed by atoms with van der Waals surface area (Å²) in [5.41, 5.74) is 6.72. The lowest BCUT2D eigenvalue weighted by molar-refractivity contribution is -0.118. The minimum atomic E-state index is -0.213. The number of aromatic nitrogens is 3. The molecule has 1 fully saturated rings. The van der Waals surface area contributed by atoms with Crippen LogP contribution in [0.25, 0.3) is 11.4 Å². The molecule has 0 bridgehead atoms. The fourth-order valence-electron chi connectivity index (χ4n) is 4.91. The first-order valence-electron chi connectivity index (χ1n) is 13.9. The molecule has 41 heavy (non-hydrogen) atoms. The predicted octanol–water partition coefficient (Wildman–Crippen LogP) is 6.59. The van der Waals surface area contributed by atoms with E-state index in [1.54, 1.807) is 13.3 Å². The van der Waals surface area contributed by atoms with Crippen molar-refractivity contribution in [3.63, 3.8) is 0 Å². The Bertz CT molecular complexity index is 1460. The number of hydrogen-bond acceptors (Lipinski definition) is 7. The van der Waals surface area contributed by atoms with Gasteiger partial charge in [-0.25, -0.2) is 5.43 Å². The number of hydrogen-bond donors (Lipinski definition) is 1. The molecule has 1 aromatic heterocycles. The summed E-state index contributed by atoms with van der Waals surface area (Å²) in [6.45, 7) is 2.49. The zero-order chi connectivity index (χ0) is 28.4. The van der Waals surface area contributed by atoms with Gasteiger partial charge in [-0.3, -0.25) is 9.36 Å². The molecule has 9 heteroatoms. The average Bonchev–Trinajstić information content (AvgIpc) is 3.44. The number of rotatable bonds is 11. The van der Waals surface area contributed by atoms with Gasteiger partial charge in [-0.2, -0.15) is 5.10 Å². The largest absolute Gasteiger partial charge is 0.493 e. The van der Waals surface area contributed by atoms with E-state index in [0.29, 0.717) is 24.1 Å². The number of nitrogens with one attached hydrogen (secondary N) is 1. The van der Waals surface area contributed by atoms with Gasteiger partial charge in [0.2, 0.25) is 0 Å². The molecule has 1 heterocycles. The number of aryl methyl sites for hydroxylation is 1. The van der Waals surface area contributed by atoms with Crippen molar-refractivity contribution in [2.75, 3.05) is 12.9 Å². The van der Waals surface area contributed by atoms with Crippen molar-refractivity contribution < 1.29 is 14.3 Å². The second-order valence-corrected chi connectivity index (χ2v) is 11.0. The van der Waals surface area contributed by atoms with E-state index in [9.17, 15) is 4.79 Å². The number of carbonyl (C=O) groups excluding carboxylic acids is 1. The van der Waals surface area contributed by atoms with Crippen LogP contribution in [0.5, 0.6) is 11.5 Å². The predicted molar refractivity (Wildman–Crippen MR) is 163 cm³/mol. The van der Waals surface area contributed by atoms with Crippen LogP contribution in [0.3, 0.4) is 0 Å². The summed E-state index contributed by atoms with van der Waals surface area (Å²) in [5, 5.41) is 14.0. The number of ether oxygens (including phenoxy) is 2. The molecular weight excluding hydrogens is 534 g/mol. The number of nitrogens with zero attached hydrogens (tertiary/aromatic N) is 4. The molecule has 0 radical (unpaired) electrons. The highest BCUT2D eigenvalue weighted by atomic mass is 32.2. The van der Waals surface area contributed by atoms with Crippen molar-refractivity contribution in [2.45, 2.75) is 56.8 Å². The lowest BCUT2D eigenvalue weighted by atomic mass is 9.95. The molecule has 0 aliphatic heterocycles. The van der Waals surface area contributed by atoms with Gasteiger partial charge in [-0.15, -0.1) is 10.2 Å². The van der Waals surface area contributed by atoms with Gasteiger partial charge in [-0.05, 0) is 49.1 Å². The van der Waals surface area contributed by atoms with Gasteiger partial charge in [0.1, 0.15) is 6.61 Å². The third-order valence-corrected chi connectivity index (χ3v) is 8.02. The lowest BCUT2D eigenvalue weighted by Gasteiger charge is -2.25. The standard InChI is InChI=1S/C32H35N5O3S/c1-23-13-16-26(17-14-23)31-35-36-32(37(31)27-11-7-4-8-12-27)41-22-30(38)34-33-20-25-15-18-28(39-2)29(19-25)40-21-24-9-5-3-6-10-24/h3,5-6,9-10,13-20,27H,4,7-8,11-12,21-22H2,1-2H3,(H,34,38). The van der Waals surface area contributed by atoms with Crippen LogP contribution < -0.4 is 14.9 Å². The fraction of sp³-hybridized carbons (Fsp3) is 0.312. The van der Waals surface area contributed by atoms with Gasteiger partial charge < -0.3 is 9.47 Å². The Labute approximate surface area is 245 Å². The zero-order valence-electron chi connectivity index (χ0n) is 23.5. The number of benzene rings is 3. The van der Waals surface area contributed by atoms with Gasteiger partial charge in [0.15, 0.2) is 22.5 Å². The molecule has 5 rings (SSSR count). The van der Waals surface area contributed by atoms with Crippen LogP contribution in [0.2, 0.25) is 0 Å². The molecule has 1 amide bonds. The molecule has 1 aliphatic carbocycles. The highest BCUT2D eigenvalue weighted by Gasteiger charge is 2.24. The molecular formula is C32H35N5O3S. The molecule has 8 nitrogen and oxygen atoms in total. The fourth-order valence-corrected chi connectivity index (χ4v) is 5.70. The van der Waals surface area contributed by atoms with E-state index in [1.807, 2.05) is 48.5 Å². The van der Waals surface area contributed by atoms with Gasteiger partial charge in [0.05, 0.1) is 19.1 Å². The van der Waals surface area contributed by atoms with Crippen LogP contribution in [0.15, 0.2) is 83.1 Å². The normalized spacial score (nSPS) is 13.8. The molecule has 1 N–H and O–H groups in total. The smallest absolute Gasteiger partial charge is 0.250 e. The second-order valence-electron chi connectivity index (χ2n) is 10.1. The molecule has 1 saturated carbocycles.